The Morgan fingerprint density at radius 1 is 1.50 bits per heavy atom. The van der Waals surface area contributed by atoms with Crippen LogP contribution < -0.4 is 0 Å². The van der Waals surface area contributed by atoms with Gasteiger partial charge in [-0.2, -0.15) is 0 Å². The van der Waals surface area contributed by atoms with Gasteiger partial charge in [-0.25, -0.2) is 4.68 Å². The third-order valence-corrected chi connectivity index (χ3v) is 0.882. The second-order valence-corrected chi connectivity index (χ2v) is 2.05. The summed E-state index contributed by atoms with van der Waals surface area (Å²) >= 11 is 0. The summed E-state index contributed by atoms with van der Waals surface area (Å²) < 4.78 is 1.53. The first-order chi connectivity index (χ1) is 4.79. The Hall–Kier alpha value is -1.39. The predicted octanol–water partition coefficient (Wildman–Crippen LogP) is -0.337. The highest BCUT2D eigenvalue weighted by atomic mass is 15.5. The fraction of sp³-hybridized carbons (Fsp3) is 0.400. The summed E-state index contributed by atoms with van der Waals surface area (Å²) in [6, 6.07) is 0. The van der Waals surface area contributed by atoms with Crippen molar-refractivity contribution in [2.45, 2.75) is 0 Å². The Morgan fingerprint density at radius 3 is 2.80 bits per heavy atom. The molecule has 10 heavy (non-hydrogen) atoms. The van der Waals surface area contributed by atoms with E-state index in [-0.39, 0.29) is 0 Å². The molecule has 0 aliphatic carbocycles. The number of nitrogens with zero attached hydrogens (tertiary/aromatic N) is 5. The normalized spacial score (nSPS) is 10.6. The largest absolute Gasteiger partial charge is 0.382 e. The molecule has 5 nitrogen and oxygen atoms in total. The third kappa shape index (κ3) is 1.85. The minimum absolute atomic E-state index is 1.53. The average molecular weight is 139 g/mol. The molecule has 0 atom stereocenters. The fourth-order valence-corrected chi connectivity index (χ4v) is 0.438. The summed E-state index contributed by atoms with van der Waals surface area (Å²) in [6.45, 7) is 0. The Balaban J connectivity index is 2.55. The van der Waals surface area contributed by atoms with Gasteiger partial charge in [-0.1, -0.05) is 0 Å². The molecule has 0 aliphatic rings. The first-order valence-electron chi connectivity index (χ1n) is 2.86. The van der Waals surface area contributed by atoms with E-state index >= 15 is 0 Å². The Kier molecular flexibility index (Phi) is 1.99. The summed E-state index contributed by atoms with van der Waals surface area (Å²) in [6.07, 6.45) is 5.15. The minimum Gasteiger partial charge on any atom is -0.382 e. The van der Waals surface area contributed by atoms with E-state index < -0.39 is 0 Å². The predicted molar refractivity (Wildman–Crippen MR) is 36.8 cm³/mol. The monoisotopic (exact) mass is 139 g/mol. The zero-order chi connectivity index (χ0) is 7.40. The molecule has 0 saturated carbocycles. The van der Waals surface area contributed by atoms with E-state index in [0.717, 1.165) is 0 Å². The molecule has 1 heterocycles. The molecule has 1 rings (SSSR count). The summed E-state index contributed by atoms with van der Waals surface area (Å²) in [4.78, 5) is 1.90. The van der Waals surface area contributed by atoms with Gasteiger partial charge in [-0.15, -0.1) is 5.10 Å². The van der Waals surface area contributed by atoms with Gasteiger partial charge >= 0.3 is 0 Å². The van der Waals surface area contributed by atoms with Gasteiger partial charge in [-0.05, 0) is 10.4 Å². The molecule has 0 fully saturated rings. The van der Waals surface area contributed by atoms with Crippen LogP contribution in [-0.4, -0.2) is 39.2 Å². The first-order valence-corrected chi connectivity index (χ1v) is 2.86. The highest BCUT2D eigenvalue weighted by Gasteiger charge is 1.82. The summed E-state index contributed by atoms with van der Waals surface area (Å²) in [5, 5.41) is 10.6. The van der Waals surface area contributed by atoms with Crippen molar-refractivity contribution in [3.8, 4) is 0 Å². The van der Waals surface area contributed by atoms with Crippen LogP contribution in [0.25, 0.3) is 6.20 Å². The van der Waals surface area contributed by atoms with E-state index in [1.54, 1.807) is 6.20 Å². The summed E-state index contributed by atoms with van der Waals surface area (Å²) in [5.74, 6) is 0. The molecule has 0 unspecified atom stereocenters. The highest BCUT2D eigenvalue weighted by molar-refractivity contribution is 5.16. The van der Waals surface area contributed by atoms with Gasteiger partial charge in [0.05, 0.1) is 0 Å². The third-order valence-electron chi connectivity index (χ3n) is 0.882. The van der Waals surface area contributed by atoms with Crippen LogP contribution in [-0.2, 0) is 0 Å². The Morgan fingerprint density at radius 2 is 2.30 bits per heavy atom. The molecule has 5 heteroatoms. The molecular weight excluding hydrogens is 130 g/mol. The zero-order valence-corrected chi connectivity index (χ0v) is 5.97. The number of rotatable bonds is 2. The smallest absolute Gasteiger partial charge is 0.143 e. The van der Waals surface area contributed by atoms with Crippen LogP contribution in [0.2, 0.25) is 0 Å². The van der Waals surface area contributed by atoms with E-state index in [1.807, 2.05) is 25.2 Å². The molecule has 0 amide bonds. The first kappa shape index (κ1) is 6.73. The van der Waals surface area contributed by atoms with E-state index in [4.69, 9.17) is 0 Å². The summed E-state index contributed by atoms with van der Waals surface area (Å²) in [5.41, 5.74) is 0. The summed E-state index contributed by atoms with van der Waals surface area (Å²) in [7, 11) is 3.86. The maximum atomic E-state index is 3.63. The van der Waals surface area contributed by atoms with Crippen molar-refractivity contribution < 1.29 is 0 Å². The lowest BCUT2D eigenvalue weighted by Crippen LogP contribution is -2.01. The second kappa shape index (κ2) is 2.95. The van der Waals surface area contributed by atoms with Gasteiger partial charge in [0.15, 0.2) is 0 Å². The van der Waals surface area contributed by atoms with Crippen molar-refractivity contribution in [3.63, 3.8) is 0 Å². The van der Waals surface area contributed by atoms with Gasteiger partial charge in [0, 0.05) is 26.5 Å². The van der Waals surface area contributed by atoms with Gasteiger partial charge in [0.25, 0.3) is 0 Å². The van der Waals surface area contributed by atoms with Crippen molar-refractivity contribution in [1.29, 1.82) is 0 Å². The molecule has 0 bridgehead atoms. The fourth-order valence-electron chi connectivity index (χ4n) is 0.438. The van der Waals surface area contributed by atoms with Gasteiger partial charge < -0.3 is 4.90 Å². The molecule has 1 aromatic heterocycles. The Labute approximate surface area is 58.9 Å². The molecule has 0 saturated heterocycles. The standard InChI is InChI=1S/C5H9N5/c1-9(2)3-4-10-5-6-7-8-10/h3-5H,1-2H3. The topological polar surface area (TPSA) is 46.8 Å². The van der Waals surface area contributed by atoms with E-state index in [2.05, 4.69) is 15.5 Å². The average Bonchev–Trinajstić information content (AvgIpc) is 2.34. The lowest BCUT2D eigenvalue weighted by molar-refractivity contribution is 0.564. The molecule has 0 spiro atoms. The SMILES string of the molecule is CN(C)C=Cn1cnnn1. The Bertz CT molecular complexity index is 200. The number of hydrogen-bond acceptors (Lipinski definition) is 4. The minimum atomic E-state index is 1.53. The lowest BCUT2D eigenvalue weighted by Gasteiger charge is -2.01. The van der Waals surface area contributed by atoms with Crippen LogP contribution in [0.15, 0.2) is 12.5 Å². The van der Waals surface area contributed by atoms with Crippen LogP contribution >= 0.6 is 0 Å². The maximum absolute atomic E-state index is 3.63. The van der Waals surface area contributed by atoms with Crippen LogP contribution in [0, 0.1) is 0 Å². The number of aromatic nitrogens is 4. The highest BCUT2D eigenvalue weighted by Crippen LogP contribution is 1.81. The van der Waals surface area contributed by atoms with Crippen LogP contribution in [0.5, 0.6) is 0 Å². The van der Waals surface area contributed by atoms with Crippen LogP contribution in [0.3, 0.4) is 0 Å². The molecule has 0 radical (unpaired) electrons. The van der Waals surface area contributed by atoms with E-state index in [9.17, 15) is 0 Å². The van der Waals surface area contributed by atoms with Crippen molar-refractivity contribution in [2.75, 3.05) is 14.1 Å². The molecule has 1 aromatic rings. The molecule has 54 valence electrons. The number of tetrazole rings is 1. The molecule has 0 aromatic carbocycles. The van der Waals surface area contributed by atoms with Crippen molar-refractivity contribution in [1.82, 2.24) is 25.1 Å². The van der Waals surface area contributed by atoms with Crippen molar-refractivity contribution >= 4 is 6.20 Å². The molecule has 0 aliphatic heterocycles. The van der Waals surface area contributed by atoms with E-state index in [1.165, 1.54) is 11.0 Å². The van der Waals surface area contributed by atoms with Gasteiger partial charge in [-0.3, -0.25) is 0 Å². The zero-order valence-electron chi connectivity index (χ0n) is 5.97. The van der Waals surface area contributed by atoms with Gasteiger partial charge in [0.2, 0.25) is 0 Å². The van der Waals surface area contributed by atoms with Crippen LogP contribution in [0.4, 0.5) is 0 Å². The van der Waals surface area contributed by atoms with E-state index in [0.29, 0.717) is 0 Å². The quantitative estimate of drug-likeness (QED) is 0.562. The number of hydrogen-bond donors (Lipinski definition) is 0. The second-order valence-electron chi connectivity index (χ2n) is 2.05. The van der Waals surface area contributed by atoms with Crippen molar-refractivity contribution in [2.24, 2.45) is 0 Å². The van der Waals surface area contributed by atoms with Gasteiger partial charge in [0.1, 0.15) is 6.33 Å². The van der Waals surface area contributed by atoms with Crippen molar-refractivity contribution in [3.05, 3.63) is 12.5 Å². The molecular formula is C5H9N5. The lowest BCUT2D eigenvalue weighted by atomic mass is 10.8. The molecule has 0 N–H and O–H groups in total. The maximum Gasteiger partial charge on any atom is 0.143 e. The van der Waals surface area contributed by atoms with Crippen LogP contribution in [0.1, 0.15) is 0 Å².